The summed E-state index contributed by atoms with van der Waals surface area (Å²) in [6.45, 7) is 0. The highest BCUT2D eigenvalue weighted by molar-refractivity contribution is 7.94. The summed E-state index contributed by atoms with van der Waals surface area (Å²) in [4.78, 5) is 12.6. The van der Waals surface area contributed by atoms with Crippen LogP contribution in [0, 0.1) is 11.3 Å². The van der Waals surface area contributed by atoms with Gasteiger partial charge in [-0.1, -0.05) is 0 Å². The van der Waals surface area contributed by atoms with Gasteiger partial charge in [0, 0.05) is 25.2 Å². The Bertz CT molecular complexity index is 895. The lowest BCUT2D eigenvalue weighted by atomic mass is 10.2. The highest BCUT2D eigenvalue weighted by Crippen LogP contribution is 2.27. The lowest BCUT2D eigenvalue weighted by Gasteiger charge is -2.15. The molecule has 0 aliphatic heterocycles. The minimum absolute atomic E-state index is 0.0991. The monoisotopic (exact) mass is 351 g/mol. The van der Waals surface area contributed by atoms with Crippen LogP contribution in [0.5, 0.6) is 0 Å². The maximum Gasteiger partial charge on any atom is 0.336 e. The Hall–Kier alpha value is -2.57. The highest BCUT2D eigenvalue weighted by Gasteiger charge is 2.20. The maximum absolute atomic E-state index is 12.4. The van der Waals surface area contributed by atoms with Crippen molar-refractivity contribution in [1.29, 1.82) is 5.26 Å². The molecule has 0 amide bonds. The second-order valence-electron chi connectivity index (χ2n) is 4.80. The first kappa shape index (κ1) is 16.8. The predicted molar refractivity (Wildman–Crippen MR) is 87.6 cm³/mol. The molecule has 0 saturated heterocycles. The van der Waals surface area contributed by atoms with Crippen LogP contribution >= 0.6 is 11.3 Å². The van der Waals surface area contributed by atoms with Gasteiger partial charge in [0.25, 0.3) is 10.0 Å². The first-order valence-electron chi connectivity index (χ1n) is 6.30. The molecule has 120 valence electrons. The minimum atomic E-state index is -3.97. The molecule has 9 heteroatoms. The van der Waals surface area contributed by atoms with Gasteiger partial charge in [0.2, 0.25) is 0 Å². The molecule has 0 aliphatic rings. The molecule has 23 heavy (non-hydrogen) atoms. The summed E-state index contributed by atoms with van der Waals surface area (Å²) in [5.41, 5.74) is 0.940. The van der Waals surface area contributed by atoms with Crippen molar-refractivity contribution in [1.82, 2.24) is 0 Å². The molecular formula is C14H13N3O4S2. The minimum Gasteiger partial charge on any atom is -0.478 e. The lowest BCUT2D eigenvalue weighted by Crippen LogP contribution is -2.14. The molecule has 1 aromatic heterocycles. The Morgan fingerprint density at radius 1 is 1.35 bits per heavy atom. The van der Waals surface area contributed by atoms with Gasteiger partial charge in [0.05, 0.1) is 16.8 Å². The fourth-order valence-corrected chi connectivity index (χ4v) is 3.98. The fourth-order valence-electron chi connectivity index (χ4n) is 1.76. The molecule has 0 saturated carbocycles. The zero-order valence-corrected chi connectivity index (χ0v) is 13.9. The molecule has 0 bridgehead atoms. The molecule has 0 atom stereocenters. The molecule has 1 heterocycles. The summed E-state index contributed by atoms with van der Waals surface area (Å²) in [6, 6.07) is 7.76. The van der Waals surface area contributed by atoms with Crippen LogP contribution < -0.4 is 9.62 Å². The van der Waals surface area contributed by atoms with Gasteiger partial charge in [-0.3, -0.25) is 4.72 Å². The van der Waals surface area contributed by atoms with E-state index in [-0.39, 0.29) is 21.0 Å². The van der Waals surface area contributed by atoms with Crippen molar-refractivity contribution in [3.63, 3.8) is 0 Å². The molecule has 0 fully saturated rings. The van der Waals surface area contributed by atoms with Crippen molar-refractivity contribution in [2.24, 2.45) is 0 Å². The van der Waals surface area contributed by atoms with Crippen molar-refractivity contribution < 1.29 is 18.3 Å². The summed E-state index contributed by atoms with van der Waals surface area (Å²) in [6.07, 6.45) is 0. The Labute approximate surface area is 137 Å². The van der Waals surface area contributed by atoms with Gasteiger partial charge in [-0.2, -0.15) is 5.26 Å². The fraction of sp³-hybridized carbons (Fsp3) is 0.143. The van der Waals surface area contributed by atoms with Crippen LogP contribution in [0.3, 0.4) is 0 Å². The van der Waals surface area contributed by atoms with Gasteiger partial charge in [-0.15, -0.1) is 11.3 Å². The van der Waals surface area contributed by atoms with Gasteiger partial charge in [-0.25, -0.2) is 13.2 Å². The Morgan fingerprint density at radius 2 is 2.04 bits per heavy atom. The van der Waals surface area contributed by atoms with Crippen LogP contribution in [-0.2, 0) is 10.0 Å². The van der Waals surface area contributed by atoms with Gasteiger partial charge in [0.1, 0.15) is 10.3 Å². The van der Waals surface area contributed by atoms with Gasteiger partial charge in [0.15, 0.2) is 0 Å². The van der Waals surface area contributed by atoms with E-state index in [9.17, 15) is 13.2 Å². The average Bonchev–Trinajstić information content (AvgIpc) is 2.97. The number of rotatable bonds is 5. The van der Waals surface area contributed by atoms with E-state index < -0.39 is 16.0 Å². The standard InChI is InChI=1S/C14H13N3O4S2/c1-17(2)11-4-3-9(7-15)12(6-11)16-23(20,21)13-5-10(8-22-13)14(18)19/h3-6,8,16H,1-2H3,(H,18,19). The van der Waals surface area contributed by atoms with Gasteiger partial charge < -0.3 is 10.0 Å². The van der Waals surface area contributed by atoms with E-state index in [2.05, 4.69) is 4.72 Å². The number of carboxylic acid groups (broad SMARTS) is 1. The van der Waals surface area contributed by atoms with Crippen LogP contribution in [-0.4, -0.2) is 33.6 Å². The van der Waals surface area contributed by atoms with Crippen LogP contribution in [0.2, 0.25) is 0 Å². The van der Waals surface area contributed by atoms with Crippen LogP contribution in [0.4, 0.5) is 11.4 Å². The average molecular weight is 351 g/mol. The molecule has 2 aromatic rings. The number of nitrogens with one attached hydrogen (secondary N) is 1. The molecule has 0 radical (unpaired) electrons. The largest absolute Gasteiger partial charge is 0.478 e. The van der Waals surface area contributed by atoms with Crippen molar-refractivity contribution in [2.75, 3.05) is 23.7 Å². The molecule has 0 unspecified atom stereocenters. The predicted octanol–water partition coefficient (Wildman–Crippen LogP) is 2.18. The molecular weight excluding hydrogens is 338 g/mol. The van der Waals surface area contributed by atoms with Gasteiger partial charge >= 0.3 is 5.97 Å². The SMILES string of the molecule is CN(C)c1ccc(C#N)c(NS(=O)(=O)c2cc(C(=O)O)cs2)c1. The first-order valence-corrected chi connectivity index (χ1v) is 8.67. The highest BCUT2D eigenvalue weighted by atomic mass is 32.2. The summed E-state index contributed by atoms with van der Waals surface area (Å²) < 4.78 is 27.0. The second kappa shape index (κ2) is 6.28. The van der Waals surface area contributed by atoms with Crippen molar-refractivity contribution in [3.05, 3.63) is 40.8 Å². The summed E-state index contributed by atoms with van der Waals surface area (Å²) in [5, 5.41) is 19.2. The molecule has 2 rings (SSSR count). The van der Waals surface area contributed by atoms with E-state index in [0.717, 1.165) is 23.1 Å². The Morgan fingerprint density at radius 3 is 2.57 bits per heavy atom. The van der Waals surface area contributed by atoms with E-state index in [4.69, 9.17) is 10.4 Å². The van der Waals surface area contributed by atoms with E-state index in [1.165, 1.54) is 11.4 Å². The zero-order valence-electron chi connectivity index (χ0n) is 12.3. The Kier molecular flexibility index (Phi) is 4.58. The number of aromatic carboxylic acids is 1. The molecule has 2 N–H and O–H groups in total. The summed E-state index contributed by atoms with van der Waals surface area (Å²) in [7, 11) is -0.386. The van der Waals surface area contributed by atoms with E-state index in [0.29, 0.717) is 0 Å². The number of carbonyl (C=O) groups is 1. The summed E-state index contributed by atoms with van der Waals surface area (Å²) >= 11 is 0.803. The van der Waals surface area contributed by atoms with Crippen LogP contribution in [0.1, 0.15) is 15.9 Å². The van der Waals surface area contributed by atoms with Gasteiger partial charge in [-0.05, 0) is 24.3 Å². The number of nitrogens with zero attached hydrogens (tertiary/aromatic N) is 2. The summed E-state index contributed by atoms with van der Waals surface area (Å²) in [5.74, 6) is -1.20. The van der Waals surface area contributed by atoms with Crippen LogP contribution in [0.25, 0.3) is 0 Å². The number of hydrogen-bond acceptors (Lipinski definition) is 6. The van der Waals surface area contributed by atoms with Crippen molar-refractivity contribution in [2.45, 2.75) is 4.21 Å². The first-order chi connectivity index (χ1) is 10.7. The van der Waals surface area contributed by atoms with Crippen molar-refractivity contribution in [3.8, 4) is 6.07 Å². The smallest absolute Gasteiger partial charge is 0.336 e. The molecule has 0 spiro atoms. The zero-order chi connectivity index (χ0) is 17.2. The topological polar surface area (TPSA) is 111 Å². The number of thiophene rings is 1. The third-order valence-corrected chi connectivity index (χ3v) is 5.78. The normalized spacial score (nSPS) is 10.8. The number of hydrogen-bond donors (Lipinski definition) is 2. The quantitative estimate of drug-likeness (QED) is 0.854. The maximum atomic E-state index is 12.4. The molecule has 1 aromatic carbocycles. The van der Waals surface area contributed by atoms with E-state index in [1.54, 1.807) is 31.1 Å². The van der Waals surface area contributed by atoms with E-state index >= 15 is 0 Å². The lowest BCUT2D eigenvalue weighted by molar-refractivity contribution is 0.0697. The molecule has 7 nitrogen and oxygen atoms in total. The number of anilines is 2. The number of carboxylic acids is 1. The number of benzene rings is 1. The second-order valence-corrected chi connectivity index (χ2v) is 7.62. The number of sulfonamides is 1. The third kappa shape index (κ3) is 3.61. The van der Waals surface area contributed by atoms with Crippen LogP contribution in [0.15, 0.2) is 33.9 Å². The Balaban J connectivity index is 2.42. The van der Waals surface area contributed by atoms with Crippen molar-refractivity contribution >= 4 is 38.7 Å². The van der Waals surface area contributed by atoms with E-state index in [1.807, 2.05) is 6.07 Å². The molecule has 0 aliphatic carbocycles. The third-order valence-electron chi connectivity index (χ3n) is 2.97. The number of nitriles is 1.